The maximum absolute atomic E-state index is 13.7. The third kappa shape index (κ3) is 4.95. The number of carbonyl (C=O) groups is 1. The van der Waals surface area contributed by atoms with Gasteiger partial charge in [-0.1, -0.05) is 30.3 Å². The van der Waals surface area contributed by atoms with Gasteiger partial charge in [-0.2, -0.15) is 11.8 Å². The lowest BCUT2D eigenvalue weighted by atomic mass is 10.2. The molecule has 22 heavy (non-hydrogen) atoms. The molecule has 122 valence electrons. The van der Waals surface area contributed by atoms with Gasteiger partial charge in [0.15, 0.2) is 0 Å². The zero-order valence-electron chi connectivity index (χ0n) is 12.6. The Morgan fingerprint density at radius 3 is 2.73 bits per heavy atom. The Labute approximate surface area is 133 Å². The smallest absolute Gasteiger partial charge is 0.257 e. The van der Waals surface area contributed by atoms with E-state index in [4.69, 9.17) is 4.74 Å². The second-order valence-corrected chi connectivity index (χ2v) is 6.60. The number of rotatable bonds is 9. The zero-order chi connectivity index (χ0) is 16.0. The van der Waals surface area contributed by atoms with Crippen molar-refractivity contribution in [2.24, 2.45) is 11.8 Å². The van der Waals surface area contributed by atoms with Gasteiger partial charge in [0.2, 0.25) is 5.91 Å². The molecule has 2 atom stereocenters. The van der Waals surface area contributed by atoms with Crippen molar-refractivity contribution in [3.8, 4) is 0 Å². The normalized spacial score (nSPS) is 22.3. The Morgan fingerprint density at radius 2 is 2.05 bits per heavy atom. The van der Waals surface area contributed by atoms with Crippen molar-refractivity contribution in [2.45, 2.75) is 19.5 Å². The molecule has 1 N–H and O–H groups in total. The maximum Gasteiger partial charge on any atom is 0.257 e. The van der Waals surface area contributed by atoms with Gasteiger partial charge in [-0.05, 0) is 5.56 Å². The summed E-state index contributed by atoms with van der Waals surface area (Å²) in [7, 11) is 0. The van der Waals surface area contributed by atoms with Crippen molar-refractivity contribution in [1.82, 2.24) is 5.32 Å². The molecule has 0 spiro atoms. The molecule has 0 radical (unpaired) electrons. The highest BCUT2D eigenvalue weighted by Gasteiger charge is 2.67. The molecular formula is C16H21F2NO2S. The molecule has 3 nitrogen and oxygen atoms in total. The van der Waals surface area contributed by atoms with E-state index in [0.717, 1.165) is 5.56 Å². The van der Waals surface area contributed by atoms with E-state index in [1.807, 2.05) is 30.3 Å². The fourth-order valence-corrected chi connectivity index (χ4v) is 3.42. The van der Waals surface area contributed by atoms with Crippen molar-refractivity contribution in [3.05, 3.63) is 35.9 Å². The second-order valence-electron chi connectivity index (χ2n) is 5.45. The minimum absolute atomic E-state index is 0.0930. The minimum atomic E-state index is -2.61. The predicted molar refractivity (Wildman–Crippen MR) is 84.0 cm³/mol. The maximum atomic E-state index is 13.7. The highest BCUT2D eigenvalue weighted by molar-refractivity contribution is 7.99. The lowest BCUT2D eigenvalue weighted by Crippen LogP contribution is -2.22. The Morgan fingerprint density at radius 1 is 1.32 bits per heavy atom. The van der Waals surface area contributed by atoms with Crippen LogP contribution in [0, 0.1) is 11.8 Å². The van der Waals surface area contributed by atoms with Crippen LogP contribution >= 0.6 is 11.8 Å². The van der Waals surface area contributed by atoms with Crippen molar-refractivity contribution in [1.29, 1.82) is 0 Å². The van der Waals surface area contributed by atoms with Gasteiger partial charge in [0.1, 0.15) is 0 Å². The Hall–Kier alpha value is -1.14. The van der Waals surface area contributed by atoms with Gasteiger partial charge in [-0.25, -0.2) is 8.78 Å². The predicted octanol–water partition coefficient (Wildman–Crippen LogP) is 2.95. The van der Waals surface area contributed by atoms with E-state index in [2.05, 4.69) is 5.32 Å². The van der Waals surface area contributed by atoms with Crippen molar-refractivity contribution in [3.63, 3.8) is 0 Å². The average molecular weight is 329 g/mol. The molecule has 1 aromatic rings. The number of amides is 1. The summed E-state index contributed by atoms with van der Waals surface area (Å²) in [5, 5.41) is 2.65. The summed E-state index contributed by atoms with van der Waals surface area (Å²) in [5.74, 6) is -2.92. The number of nitrogens with one attached hydrogen (secondary N) is 1. The van der Waals surface area contributed by atoms with Crippen LogP contribution in [0.4, 0.5) is 8.78 Å². The zero-order valence-corrected chi connectivity index (χ0v) is 13.4. The number of thioether (sulfide) groups is 1. The van der Waals surface area contributed by atoms with Gasteiger partial charge < -0.3 is 10.1 Å². The van der Waals surface area contributed by atoms with Gasteiger partial charge in [0.25, 0.3) is 5.92 Å². The van der Waals surface area contributed by atoms with Gasteiger partial charge in [-0.15, -0.1) is 0 Å². The molecule has 6 heteroatoms. The SMILES string of the molecule is CC(=O)NCCSC[C@H]1[C@@H](COCc2ccccc2)C1(F)F. The first kappa shape index (κ1) is 17.2. The van der Waals surface area contributed by atoms with Crippen LogP contribution < -0.4 is 5.32 Å². The van der Waals surface area contributed by atoms with Crippen molar-refractivity contribution in [2.75, 3.05) is 24.7 Å². The van der Waals surface area contributed by atoms with E-state index in [0.29, 0.717) is 24.7 Å². The standard InChI is InChI=1S/C16H21F2NO2S/c1-12(20)19-7-8-22-11-15-14(16(15,17)18)10-21-9-13-5-3-2-4-6-13/h2-6,14-15H,7-11H2,1H3,(H,19,20)/t14-,15+/m1/s1. The van der Waals surface area contributed by atoms with Crippen LogP contribution in [0.2, 0.25) is 0 Å². The molecule has 1 amide bonds. The lowest BCUT2D eigenvalue weighted by Gasteiger charge is -2.03. The van der Waals surface area contributed by atoms with Crippen molar-refractivity contribution < 1.29 is 18.3 Å². The summed E-state index contributed by atoms with van der Waals surface area (Å²) in [4.78, 5) is 10.7. The van der Waals surface area contributed by atoms with E-state index < -0.39 is 17.8 Å². The lowest BCUT2D eigenvalue weighted by molar-refractivity contribution is -0.118. The van der Waals surface area contributed by atoms with Crippen LogP contribution in [0.5, 0.6) is 0 Å². The van der Waals surface area contributed by atoms with E-state index in [9.17, 15) is 13.6 Å². The van der Waals surface area contributed by atoms with Crippen LogP contribution in [0.15, 0.2) is 30.3 Å². The largest absolute Gasteiger partial charge is 0.376 e. The molecule has 1 fully saturated rings. The third-order valence-corrected chi connectivity index (χ3v) is 4.78. The number of hydrogen-bond acceptors (Lipinski definition) is 3. The second kappa shape index (κ2) is 7.92. The number of halogens is 2. The van der Waals surface area contributed by atoms with Gasteiger partial charge in [0.05, 0.1) is 19.1 Å². The topological polar surface area (TPSA) is 38.3 Å². The quantitative estimate of drug-likeness (QED) is 0.708. The number of hydrogen-bond donors (Lipinski definition) is 1. The first-order valence-electron chi connectivity index (χ1n) is 7.33. The molecule has 0 saturated heterocycles. The molecule has 1 saturated carbocycles. The summed E-state index contributed by atoms with van der Waals surface area (Å²) < 4.78 is 32.7. The number of carbonyl (C=O) groups excluding carboxylic acids is 1. The fourth-order valence-electron chi connectivity index (χ4n) is 2.30. The molecule has 0 aliphatic heterocycles. The van der Waals surface area contributed by atoms with Crippen LogP contribution in [0.1, 0.15) is 12.5 Å². The monoisotopic (exact) mass is 329 g/mol. The molecule has 1 aliphatic carbocycles. The van der Waals surface area contributed by atoms with Crippen LogP contribution in [0.25, 0.3) is 0 Å². The van der Waals surface area contributed by atoms with E-state index >= 15 is 0 Å². The van der Waals surface area contributed by atoms with Gasteiger partial charge >= 0.3 is 0 Å². The van der Waals surface area contributed by atoms with Crippen LogP contribution in [-0.2, 0) is 16.1 Å². The fraction of sp³-hybridized carbons (Fsp3) is 0.562. The summed E-state index contributed by atoms with van der Waals surface area (Å²) in [6, 6.07) is 9.55. The van der Waals surface area contributed by atoms with E-state index in [1.54, 1.807) is 0 Å². The summed E-state index contributed by atoms with van der Waals surface area (Å²) >= 11 is 1.45. The molecule has 1 aromatic carbocycles. The Bertz CT molecular complexity index is 484. The van der Waals surface area contributed by atoms with E-state index in [-0.39, 0.29) is 12.5 Å². The minimum Gasteiger partial charge on any atom is -0.376 e. The highest BCUT2D eigenvalue weighted by Crippen LogP contribution is 2.56. The molecule has 0 unspecified atom stereocenters. The third-order valence-electron chi connectivity index (χ3n) is 3.69. The summed E-state index contributed by atoms with van der Waals surface area (Å²) in [6.07, 6.45) is 0. The molecule has 0 bridgehead atoms. The first-order chi connectivity index (χ1) is 10.5. The molecular weight excluding hydrogens is 308 g/mol. The number of ether oxygens (including phenoxy) is 1. The van der Waals surface area contributed by atoms with Crippen LogP contribution in [0.3, 0.4) is 0 Å². The van der Waals surface area contributed by atoms with Crippen LogP contribution in [-0.4, -0.2) is 36.5 Å². The first-order valence-corrected chi connectivity index (χ1v) is 8.49. The van der Waals surface area contributed by atoms with Gasteiger partial charge in [-0.3, -0.25) is 4.79 Å². The molecule has 0 aromatic heterocycles. The average Bonchev–Trinajstić information content (AvgIpc) is 3.00. The number of benzene rings is 1. The summed E-state index contributed by atoms with van der Waals surface area (Å²) in [6.45, 7) is 2.43. The molecule has 2 rings (SSSR count). The van der Waals surface area contributed by atoms with E-state index in [1.165, 1.54) is 18.7 Å². The Balaban J connectivity index is 1.61. The molecule has 0 heterocycles. The summed E-state index contributed by atoms with van der Waals surface area (Å²) in [5.41, 5.74) is 0.993. The molecule has 1 aliphatic rings. The highest BCUT2D eigenvalue weighted by atomic mass is 32.2. The van der Waals surface area contributed by atoms with Gasteiger partial charge in [0, 0.05) is 30.9 Å². The van der Waals surface area contributed by atoms with Crippen molar-refractivity contribution >= 4 is 17.7 Å². The Kier molecular flexibility index (Phi) is 6.20. The number of alkyl halides is 2.